The second-order valence-corrected chi connectivity index (χ2v) is 13.1. The lowest BCUT2D eigenvalue weighted by atomic mass is 9.80. The molecule has 2 unspecified atom stereocenters. The van der Waals surface area contributed by atoms with E-state index in [1.165, 1.54) is 44.5 Å². The Bertz CT molecular complexity index is 1790. The molecule has 0 aliphatic heterocycles. The van der Waals surface area contributed by atoms with Gasteiger partial charge in [-0.15, -0.1) is 18.5 Å². The Hall–Kier alpha value is -4.60. The maximum absolute atomic E-state index is 3.14. The highest BCUT2D eigenvalue weighted by Crippen LogP contribution is 2.48. The van der Waals surface area contributed by atoms with Crippen molar-refractivity contribution in [2.24, 2.45) is 0 Å². The van der Waals surface area contributed by atoms with E-state index in [-0.39, 0.29) is 10.3 Å². The molecule has 0 radical (unpaired) electrons. The normalized spacial score (nSPS) is 11.3. The van der Waals surface area contributed by atoms with Crippen LogP contribution in [-0.4, -0.2) is 0 Å². The minimum absolute atomic E-state index is 0.205. The second-order valence-electron chi connectivity index (χ2n) is 11.4. The van der Waals surface area contributed by atoms with E-state index in [2.05, 4.69) is 225 Å². The first kappa shape index (κ1) is 31.4. The van der Waals surface area contributed by atoms with Crippen molar-refractivity contribution < 1.29 is 0 Å². The fourth-order valence-corrected chi connectivity index (χ4v) is 7.39. The Kier molecular flexibility index (Phi) is 10.0. The fourth-order valence-electron chi connectivity index (χ4n) is 6.18. The van der Waals surface area contributed by atoms with Gasteiger partial charge >= 0.3 is 0 Å². The third-order valence-corrected chi connectivity index (χ3v) is 10.6. The minimum atomic E-state index is -0.311. The topological polar surface area (TPSA) is 0 Å². The van der Waals surface area contributed by atoms with Gasteiger partial charge in [-0.2, -0.15) is 0 Å². The van der Waals surface area contributed by atoms with E-state index < -0.39 is 0 Å². The van der Waals surface area contributed by atoms with Crippen LogP contribution in [0.1, 0.15) is 33.4 Å². The van der Waals surface area contributed by atoms with Crippen LogP contribution in [0.25, 0.3) is 11.1 Å². The van der Waals surface area contributed by atoms with Crippen molar-refractivity contribution >= 4 is 18.5 Å². The summed E-state index contributed by atoms with van der Waals surface area (Å²) >= 11 is 0. The monoisotopic (exact) mass is 628 g/mol. The molecule has 0 N–H and O–H groups in total. The van der Waals surface area contributed by atoms with Gasteiger partial charge in [0.25, 0.3) is 0 Å². The number of rotatable bonds is 7. The molecule has 7 rings (SSSR count). The standard InChI is InChI=1S/C25H21P.C19H17P/c26-25(21-14-6-2-7-15-21,22-16-8-3-9-17-22)24-19-11-10-18-23(24)20-12-4-1-5-13-20;20-19(16-10-4-1-5-11-16,17-12-6-2-7-13-17)18-14-8-3-9-15-18/h1-19H,26H2;1-15H,20H2. The average molecular weight is 629 g/mol. The molecule has 2 atom stereocenters. The molecule has 0 aliphatic carbocycles. The summed E-state index contributed by atoms with van der Waals surface area (Å²) in [6.07, 6.45) is 0. The molecule has 224 valence electrons. The van der Waals surface area contributed by atoms with Gasteiger partial charge in [-0.05, 0) is 44.5 Å². The predicted molar refractivity (Wildman–Crippen MR) is 203 cm³/mol. The first-order valence-electron chi connectivity index (χ1n) is 15.6. The quantitative estimate of drug-likeness (QED) is 0.122. The Morgan fingerprint density at radius 2 is 0.522 bits per heavy atom. The second kappa shape index (κ2) is 14.7. The summed E-state index contributed by atoms with van der Waals surface area (Å²) < 4.78 is 0. The molecular weight excluding hydrogens is 590 g/mol. The molecule has 0 heterocycles. The lowest BCUT2D eigenvalue weighted by Crippen LogP contribution is -2.22. The third-order valence-electron chi connectivity index (χ3n) is 8.58. The van der Waals surface area contributed by atoms with Gasteiger partial charge in [0.05, 0.1) is 10.3 Å². The maximum Gasteiger partial charge on any atom is 0.0597 e. The van der Waals surface area contributed by atoms with E-state index in [0.717, 1.165) is 0 Å². The SMILES string of the molecule is PC(c1ccccc1)(c1ccccc1)c1ccccc1.PC(c1ccccc1)(c1ccccc1)c1ccccc1-c1ccccc1. The number of hydrogen-bond donors (Lipinski definition) is 0. The molecule has 0 bridgehead atoms. The Morgan fingerprint density at radius 3 is 0.870 bits per heavy atom. The smallest absolute Gasteiger partial charge is 0.0597 e. The molecule has 0 amide bonds. The first-order chi connectivity index (χ1) is 22.6. The van der Waals surface area contributed by atoms with Gasteiger partial charge < -0.3 is 0 Å². The lowest BCUT2D eigenvalue weighted by molar-refractivity contribution is 0.897. The van der Waals surface area contributed by atoms with Crippen molar-refractivity contribution in [3.63, 3.8) is 0 Å². The highest BCUT2D eigenvalue weighted by molar-refractivity contribution is 7.19. The van der Waals surface area contributed by atoms with Gasteiger partial charge in [0.15, 0.2) is 0 Å². The van der Waals surface area contributed by atoms with Gasteiger partial charge in [-0.1, -0.05) is 206 Å². The van der Waals surface area contributed by atoms with Crippen molar-refractivity contribution in [3.05, 3.63) is 240 Å². The van der Waals surface area contributed by atoms with Crippen molar-refractivity contribution in [2.45, 2.75) is 10.3 Å². The largest absolute Gasteiger partial charge is 0.117 e. The zero-order chi connectivity index (χ0) is 31.7. The lowest BCUT2D eigenvalue weighted by Gasteiger charge is -2.33. The molecule has 46 heavy (non-hydrogen) atoms. The Labute approximate surface area is 278 Å². The summed E-state index contributed by atoms with van der Waals surface area (Å²) in [7, 11) is 6.20. The molecule has 0 nitrogen and oxygen atoms in total. The number of benzene rings is 7. The van der Waals surface area contributed by atoms with Crippen LogP contribution in [0.5, 0.6) is 0 Å². The van der Waals surface area contributed by atoms with Gasteiger partial charge in [0.2, 0.25) is 0 Å². The van der Waals surface area contributed by atoms with Gasteiger partial charge in [-0.25, -0.2) is 0 Å². The van der Waals surface area contributed by atoms with Gasteiger partial charge in [0, 0.05) is 0 Å². The van der Waals surface area contributed by atoms with E-state index in [9.17, 15) is 0 Å². The predicted octanol–water partition coefficient (Wildman–Crippen LogP) is 11.4. The first-order valence-corrected chi connectivity index (χ1v) is 16.8. The van der Waals surface area contributed by atoms with Crippen LogP contribution in [0.4, 0.5) is 0 Å². The van der Waals surface area contributed by atoms with Crippen molar-refractivity contribution in [1.29, 1.82) is 0 Å². The van der Waals surface area contributed by atoms with Crippen LogP contribution in [-0.2, 0) is 10.3 Å². The van der Waals surface area contributed by atoms with E-state index >= 15 is 0 Å². The molecule has 0 aliphatic rings. The third kappa shape index (κ3) is 6.52. The molecule has 0 fully saturated rings. The summed E-state index contributed by atoms with van der Waals surface area (Å²) in [4.78, 5) is 0. The molecule has 0 saturated carbocycles. The molecule has 2 heteroatoms. The van der Waals surface area contributed by atoms with E-state index in [1.54, 1.807) is 0 Å². The van der Waals surface area contributed by atoms with Gasteiger partial charge in [-0.3, -0.25) is 0 Å². The highest BCUT2D eigenvalue weighted by atomic mass is 31.0. The molecular formula is C44H38P2. The van der Waals surface area contributed by atoms with Crippen molar-refractivity contribution in [3.8, 4) is 11.1 Å². The highest BCUT2D eigenvalue weighted by Gasteiger charge is 2.33. The Balaban J connectivity index is 0.000000167. The summed E-state index contributed by atoms with van der Waals surface area (Å²) in [6, 6.07) is 72.7. The van der Waals surface area contributed by atoms with Crippen molar-refractivity contribution in [1.82, 2.24) is 0 Å². The van der Waals surface area contributed by atoms with Gasteiger partial charge in [0.1, 0.15) is 0 Å². The summed E-state index contributed by atoms with van der Waals surface area (Å²) in [6.45, 7) is 0. The van der Waals surface area contributed by atoms with Crippen LogP contribution in [0.3, 0.4) is 0 Å². The zero-order valence-electron chi connectivity index (χ0n) is 25.8. The molecule has 0 spiro atoms. The maximum atomic E-state index is 3.14. The molecule has 7 aromatic rings. The molecule has 0 aromatic heterocycles. The van der Waals surface area contributed by atoms with Crippen LogP contribution < -0.4 is 0 Å². The minimum Gasteiger partial charge on any atom is -0.117 e. The number of hydrogen-bond acceptors (Lipinski definition) is 0. The van der Waals surface area contributed by atoms with Crippen molar-refractivity contribution in [2.75, 3.05) is 0 Å². The van der Waals surface area contributed by atoms with Crippen LogP contribution in [0, 0.1) is 0 Å². The summed E-state index contributed by atoms with van der Waals surface area (Å²) in [5.41, 5.74) is 10.2. The Morgan fingerprint density at radius 1 is 0.261 bits per heavy atom. The average Bonchev–Trinajstić information content (AvgIpc) is 3.16. The summed E-state index contributed by atoms with van der Waals surface area (Å²) in [5, 5.41) is -0.515. The van der Waals surface area contributed by atoms with Crippen LogP contribution >= 0.6 is 18.5 Å². The van der Waals surface area contributed by atoms with E-state index in [0.29, 0.717) is 0 Å². The van der Waals surface area contributed by atoms with Crippen LogP contribution in [0.15, 0.2) is 206 Å². The molecule has 0 saturated heterocycles. The van der Waals surface area contributed by atoms with E-state index in [1.807, 2.05) is 0 Å². The van der Waals surface area contributed by atoms with Crippen LogP contribution in [0.2, 0.25) is 0 Å². The van der Waals surface area contributed by atoms with E-state index in [4.69, 9.17) is 0 Å². The fraction of sp³-hybridized carbons (Fsp3) is 0.0455. The molecule has 7 aromatic carbocycles. The summed E-state index contributed by atoms with van der Waals surface area (Å²) in [5.74, 6) is 0. The zero-order valence-corrected chi connectivity index (χ0v) is 28.1.